The molecule has 0 saturated heterocycles. The predicted molar refractivity (Wildman–Crippen MR) is 66.8 cm³/mol. The lowest BCUT2D eigenvalue weighted by Gasteiger charge is -2.11. The number of aliphatic hydroxyl groups is 1. The van der Waals surface area contributed by atoms with Gasteiger partial charge in [-0.25, -0.2) is 4.79 Å². The molecule has 7 heteroatoms. The topological polar surface area (TPSA) is 93.6 Å². The molecule has 0 bridgehead atoms. The van der Waals surface area contributed by atoms with E-state index in [2.05, 4.69) is 16.0 Å². The van der Waals surface area contributed by atoms with Crippen molar-refractivity contribution in [2.75, 3.05) is 30.8 Å². The van der Waals surface area contributed by atoms with Gasteiger partial charge in [-0.3, -0.25) is 0 Å². The normalized spacial score (nSPS) is 9.82. The number of carbonyl (C=O) groups excluding carboxylic acids is 1. The van der Waals surface area contributed by atoms with Gasteiger partial charge in [0.15, 0.2) is 0 Å². The zero-order chi connectivity index (χ0) is 12.8. The Balaban J connectivity index is 2.88. The largest absolute Gasteiger partial charge is 0.506 e. The molecule has 2 amide bonds. The molecule has 0 aliphatic rings. The van der Waals surface area contributed by atoms with E-state index < -0.39 is 6.03 Å². The average Bonchev–Trinajstić information content (AvgIpc) is 2.31. The molecule has 0 radical (unpaired) electrons. The zero-order valence-corrected chi connectivity index (χ0v) is 10.0. The quantitative estimate of drug-likeness (QED) is 0.525. The maximum atomic E-state index is 11.1. The number of urea groups is 1. The summed E-state index contributed by atoms with van der Waals surface area (Å²) in [4.78, 5) is 11.1. The van der Waals surface area contributed by atoms with Gasteiger partial charge in [0.05, 0.1) is 23.0 Å². The number of nitrogens with one attached hydrogen (secondary N) is 3. The number of aromatic hydroxyl groups is 1. The van der Waals surface area contributed by atoms with E-state index in [1.54, 1.807) is 0 Å². The molecule has 17 heavy (non-hydrogen) atoms. The maximum absolute atomic E-state index is 11.1. The summed E-state index contributed by atoms with van der Waals surface area (Å²) in [7, 11) is 1.46. The Morgan fingerprint density at radius 3 is 2.71 bits per heavy atom. The first-order valence-electron chi connectivity index (χ1n) is 4.94. The molecule has 6 nitrogen and oxygen atoms in total. The predicted octanol–water partition coefficient (Wildman–Crippen LogP) is 1.20. The van der Waals surface area contributed by atoms with Crippen molar-refractivity contribution in [2.24, 2.45) is 0 Å². The van der Waals surface area contributed by atoms with Crippen molar-refractivity contribution in [1.82, 2.24) is 5.32 Å². The first-order valence-corrected chi connectivity index (χ1v) is 5.32. The van der Waals surface area contributed by atoms with Crippen LogP contribution in [-0.4, -0.2) is 36.4 Å². The van der Waals surface area contributed by atoms with Crippen LogP contribution < -0.4 is 16.0 Å². The Bertz CT molecular complexity index is 412. The van der Waals surface area contributed by atoms with E-state index in [9.17, 15) is 9.90 Å². The van der Waals surface area contributed by atoms with Gasteiger partial charge in [-0.15, -0.1) is 0 Å². The highest BCUT2D eigenvalue weighted by Crippen LogP contribution is 2.33. The van der Waals surface area contributed by atoms with E-state index in [1.165, 1.54) is 19.2 Å². The highest BCUT2D eigenvalue weighted by Gasteiger charge is 2.09. The summed E-state index contributed by atoms with van der Waals surface area (Å²) in [6.45, 7) is 0.275. The van der Waals surface area contributed by atoms with Gasteiger partial charge in [0.25, 0.3) is 0 Å². The third kappa shape index (κ3) is 3.69. The monoisotopic (exact) mass is 259 g/mol. The fraction of sp³-hybridized carbons (Fsp3) is 0.300. The van der Waals surface area contributed by atoms with Crippen LogP contribution >= 0.6 is 11.6 Å². The molecule has 0 unspecified atom stereocenters. The fourth-order valence-electron chi connectivity index (χ4n) is 1.17. The molecule has 0 aromatic heterocycles. The van der Waals surface area contributed by atoms with Gasteiger partial charge < -0.3 is 26.2 Å². The number of halogens is 1. The van der Waals surface area contributed by atoms with Gasteiger partial charge in [0.1, 0.15) is 5.75 Å². The van der Waals surface area contributed by atoms with Crippen molar-refractivity contribution in [3.63, 3.8) is 0 Å². The number of aliphatic hydroxyl groups excluding tert-OH is 1. The number of benzene rings is 1. The smallest absolute Gasteiger partial charge is 0.319 e. The number of carbonyl (C=O) groups is 1. The number of phenolic OH excluding ortho intramolecular Hbond substituents is 1. The molecule has 1 aromatic rings. The van der Waals surface area contributed by atoms with E-state index in [4.69, 9.17) is 16.7 Å². The van der Waals surface area contributed by atoms with E-state index in [0.29, 0.717) is 17.3 Å². The Kier molecular flexibility index (Phi) is 4.86. The van der Waals surface area contributed by atoms with Crippen molar-refractivity contribution in [1.29, 1.82) is 0 Å². The van der Waals surface area contributed by atoms with Crippen molar-refractivity contribution in [2.45, 2.75) is 0 Å². The highest BCUT2D eigenvalue weighted by atomic mass is 35.5. The molecular weight excluding hydrogens is 246 g/mol. The number of phenols is 1. The van der Waals surface area contributed by atoms with Crippen molar-refractivity contribution in [3.05, 3.63) is 17.2 Å². The van der Waals surface area contributed by atoms with Crippen molar-refractivity contribution < 1.29 is 15.0 Å². The second kappa shape index (κ2) is 6.17. The second-order valence-electron chi connectivity index (χ2n) is 3.20. The Morgan fingerprint density at radius 1 is 1.41 bits per heavy atom. The summed E-state index contributed by atoms with van der Waals surface area (Å²) in [5, 5.41) is 26.3. The number of amides is 2. The minimum Gasteiger partial charge on any atom is -0.506 e. The third-order valence-corrected chi connectivity index (χ3v) is 2.30. The van der Waals surface area contributed by atoms with E-state index in [-0.39, 0.29) is 18.0 Å². The molecule has 0 heterocycles. The van der Waals surface area contributed by atoms with Gasteiger partial charge >= 0.3 is 6.03 Å². The first kappa shape index (κ1) is 13.4. The summed E-state index contributed by atoms with van der Waals surface area (Å²) < 4.78 is 0. The number of hydrogen-bond donors (Lipinski definition) is 5. The lowest BCUT2D eigenvalue weighted by Crippen LogP contribution is -2.24. The molecule has 0 aliphatic heterocycles. The van der Waals surface area contributed by atoms with Crippen LogP contribution in [0.5, 0.6) is 5.75 Å². The van der Waals surface area contributed by atoms with Gasteiger partial charge in [-0.2, -0.15) is 0 Å². The Morgan fingerprint density at radius 2 is 2.12 bits per heavy atom. The summed E-state index contributed by atoms with van der Waals surface area (Å²) in [5.74, 6) is -0.113. The van der Waals surface area contributed by atoms with Crippen LogP contribution in [0.15, 0.2) is 12.1 Å². The molecule has 0 atom stereocenters. The van der Waals surface area contributed by atoms with E-state index in [1.807, 2.05) is 0 Å². The first-order chi connectivity index (χ1) is 8.08. The molecule has 0 saturated carbocycles. The number of hydrogen-bond acceptors (Lipinski definition) is 4. The number of rotatable bonds is 4. The maximum Gasteiger partial charge on any atom is 0.319 e. The minimum absolute atomic E-state index is 0.0463. The van der Waals surface area contributed by atoms with Crippen molar-refractivity contribution >= 4 is 29.0 Å². The van der Waals surface area contributed by atoms with Crippen LogP contribution in [0.25, 0.3) is 0 Å². The van der Waals surface area contributed by atoms with Gasteiger partial charge in [0.2, 0.25) is 0 Å². The van der Waals surface area contributed by atoms with Crippen LogP contribution in [0, 0.1) is 0 Å². The molecule has 0 spiro atoms. The summed E-state index contributed by atoms with van der Waals surface area (Å²) >= 11 is 5.94. The van der Waals surface area contributed by atoms with Crippen LogP contribution in [-0.2, 0) is 0 Å². The molecule has 0 fully saturated rings. The molecule has 1 aromatic carbocycles. The van der Waals surface area contributed by atoms with E-state index >= 15 is 0 Å². The van der Waals surface area contributed by atoms with Crippen LogP contribution in [0.2, 0.25) is 5.02 Å². The van der Waals surface area contributed by atoms with Crippen molar-refractivity contribution in [3.8, 4) is 5.75 Å². The highest BCUT2D eigenvalue weighted by molar-refractivity contribution is 6.33. The standard InChI is InChI=1S/C10H14ClN3O3/c1-12-10(17)14-8-4-6(11)7(5-9(8)16)13-2-3-15/h4-5,13,15-16H,2-3H2,1H3,(H2,12,14,17). The molecular formula is C10H14ClN3O3. The second-order valence-corrected chi connectivity index (χ2v) is 3.61. The Labute approximate surface area is 104 Å². The average molecular weight is 260 g/mol. The number of anilines is 2. The van der Waals surface area contributed by atoms with Gasteiger partial charge in [0, 0.05) is 19.7 Å². The summed E-state index contributed by atoms with van der Waals surface area (Å²) in [6.07, 6.45) is 0. The van der Waals surface area contributed by atoms with Gasteiger partial charge in [-0.05, 0) is 6.07 Å². The SMILES string of the molecule is CNC(=O)Nc1cc(Cl)c(NCCO)cc1O. The lowest BCUT2D eigenvalue weighted by atomic mass is 10.2. The molecule has 0 aliphatic carbocycles. The minimum atomic E-state index is -0.451. The lowest BCUT2D eigenvalue weighted by molar-refractivity contribution is 0.254. The van der Waals surface area contributed by atoms with Gasteiger partial charge in [-0.1, -0.05) is 11.6 Å². The molecule has 1 rings (SSSR count). The van der Waals surface area contributed by atoms with Crippen LogP contribution in [0.3, 0.4) is 0 Å². The van der Waals surface area contributed by atoms with E-state index in [0.717, 1.165) is 0 Å². The summed E-state index contributed by atoms with van der Waals surface area (Å²) in [5.41, 5.74) is 0.699. The van der Waals surface area contributed by atoms with Crippen LogP contribution in [0.4, 0.5) is 16.2 Å². The zero-order valence-electron chi connectivity index (χ0n) is 9.25. The molecule has 5 N–H and O–H groups in total. The third-order valence-electron chi connectivity index (χ3n) is 1.99. The molecule has 94 valence electrons. The fourth-order valence-corrected chi connectivity index (χ4v) is 1.40. The summed E-state index contributed by atoms with van der Waals surface area (Å²) in [6, 6.07) is 2.35. The Hall–Kier alpha value is -1.66. The van der Waals surface area contributed by atoms with Crippen LogP contribution in [0.1, 0.15) is 0 Å².